The molecule has 0 aliphatic carbocycles. The number of nitrogens with two attached hydrogens (primary N) is 1. The zero-order valence-corrected chi connectivity index (χ0v) is 13.7. The highest BCUT2D eigenvalue weighted by molar-refractivity contribution is 5.26. The molecule has 1 aromatic carbocycles. The van der Waals surface area contributed by atoms with Gasteiger partial charge in [0.15, 0.2) is 0 Å². The Balaban J connectivity index is 2.10. The van der Waals surface area contributed by atoms with Crippen LogP contribution in [-0.4, -0.2) is 36.7 Å². The molecule has 21 heavy (non-hydrogen) atoms. The molecule has 3 nitrogen and oxygen atoms in total. The molecular weight excluding hydrogens is 260 g/mol. The summed E-state index contributed by atoms with van der Waals surface area (Å²) in [5.74, 6) is 0. The molecule has 1 aliphatic heterocycles. The van der Waals surface area contributed by atoms with Crippen molar-refractivity contribution in [1.29, 1.82) is 0 Å². The summed E-state index contributed by atoms with van der Waals surface area (Å²) in [6.07, 6.45) is 3.83. The van der Waals surface area contributed by atoms with Crippen molar-refractivity contribution in [3.05, 3.63) is 35.4 Å². The van der Waals surface area contributed by atoms with Gasteiger partial charge in [-0.25, -0.2) is 0 Å². The summed E-state index contributed by atoms with van der Waals surface area (Å²) in [7, 11) is 0. The number of benzene rings is 1. The Bertz CT molecular complexity index is 433. The van der Waals surface area contributed by atoms with Gasteiger partial charge in [-0.3, -0.25) is 4.90 Å². The third kappa shape index (κ3) is 4.53. The van der Waals surface area contributed by atoms with E-state index in [9.17, 15) is 0 Å². The lowest BCUT2D eigenvalue weighted by molar-refractivity contribution is -0.0155. The van der Waals surface area contributed by atoms with Gasteiger partial charge in [0.2, 0.25) is 0 Å². The molecule has 1 aliphatic rings. The monoisotopic (exact) mass is 290 g/mol. The maximum absolute atomic E-state index is 6.31. The van der Waals surface area contributed by atoms with Crippen molar-refractivity contribution in [3.63, 3.8) is 0 Å². The molecule has 0 radical (unpaired) electrons. The van der Waals surface area contributed by atoms with E-state index in [0.29, 0.717) is 6.10 Å². The van der Waals surface area contributed by atoms with Gasteiger partial charge >= 0.3 is 0 Å². The van der Waals surface area contributed by atoms with Crippen LogP contribution in [0.5, 0.6) is 0 Å². The van der Waals surface area contributed by atoms with Crippen LogP contribution < -0.4 is 5.73 Å². The minimum absolute atomic E-state index is 0.122. The summed E-state index contributed by atoms with van der Waals surface area (Å²) >= 11 is 0. The minimum Gasteiger partial charge on any atom is -0.377 e. The second kappa shape index (κ2) is 7.92. The maximum Gasteiger partial charge on any atom is 0.0702 e. The number of piperidine rings is 1. The molecule has 3 unspecified atom stereocenters. The number of aryl methyl sites for hydroxylation is 1. The summed E-state index contributed by atoms with van der Waals surface area (Å²) in [4.78, 5) is 2.52. The van der Waals surface area contributed by atoms with Crippen LogP contribution in [0.4, 0.5) is 0 Å². The van der Waals surface area contributed by atoms with E-state index >= 15 is 0 Å². The van der Waals surface area contributed by atoms with Crippen molar-refractivity contribution >= 4 is 0 Å². The van der Waals surface area contributed by atoms with Crippen molar-refractivity contribution < 1.29 is 4.74 Å². The lowest BCUT2D eigenvalue weighted by atomic mass is 9.95. The third-order valence-electron chi connectivity index (χ3n) is 4.24. The highest BCUT2D eigenvalue weighted by Crippen LogP contribution is 2.28. The Morgan fingerprint density at radius 1 is 1.43 bits per heavy atom. The van der Waals surface area contributed by atoms with E-state index < -0.39 is 0 Å². The first-order valence-corrected chi connectivity index (χ1v) is 8.29. The summed E-state index contributed by atoms with van der Waals surface area (Å²) in [6.45, 7) is 9.41. The number of rotatable bonds is 6. The van der Waals surface area contributed by atoms with Crippen LogP contribution in [0.15, 0.2) is 24.3 Å². The highest BCUT2D eigenvalue weighted by Gasteiger charge is 2.29. The van der Waals surface area contributed by atoms with Gasteiger partial charge in [-0.1, -0.05) is 36.8 Å². The third-order valence-corrected chi connectivity index (χ3v) is 4.24. The molecular formula is C18H30N2O. The van der Waals surface area contributed by atoms with E-state index in [0.717, 1.165) is 26.1 Å². The van der Waals surface area contributed by atoms with Gasteiger partial charge in [0.1, 0.15) is 0 Å². The maximum atomic E-state index is 6.31. The molecule has 0 amide bonds. The minimum atomic E-state index is 0.122. The summed E-state index contributed by atoms with van der Waals surface area (Å²) < 4.78 is 5.97. The summed E-state index contributed by atoms with van der Waals surface area (Å²) in [5, 5.41) is 0. The van der Waals surface area contributed by atoms with Crippen molar-refractivity contribution in [3.8, 4) is 0 Å². The van der Waals surface area contributed by atoms with E-state index in [4.69, 9.17) is 10.5 Å². The predicted molar refractivity (Wildman–Crippen MR) is 88.4 cm³/mol. The fourth-order valence-corrected chi connectivity index (χ4v) is 3.34. The lowest BCUT2D eigenvalue weighted by Gasteiger charge is -2.40. The van der Waals surface area contributed by atoms with Crippen LogP contribution in [-0.2, 0) is 4.74 Å². The van der Waals surface area contributed by atoms with Gasteiger partial charge < -0.3 is 10.5 Å². The van der Waals surface area contributed by atoms with E-state index in [1.807, 2.05) is 0 Å². The van der Waals surface area contributed by atoms with E-state index in [1.165, 1.54) is 24.0 Å². The first-order chi connectivity index (χ1) is 10.1. The molecule has 2 N–H and O–H groups in total. The van der Waals surface area contributed by atoms with Crippen LogP contribution in [0.1, 0.15) is 50.3 Å². The van der Waals surface area contributed by atoms with Crippen molar-refractivity contribution in [1.82, 2.24) is 4.90 Å². The number of hydrogen-bond acceptors (Lipinski definition) is 3. The SMILES string of the molecule is CCCOC1CCCN(C(c2cccc(C)c2)C(C)N)C1. The van der Waals surface area contributed by atoms with Crippen LogP contribution in [0, 0.1) is 6.92 Å². The quantitative estimate of drug-likeness (QED) is 0.874. The largest absolute Gasteiger partial charge is 0.377 e. The van der Waals surface area contributed by atoms with E-state index in [-0.39, 0.29) is 12.1 Å². The van der Waals surface area contributed by atoms with E-state index in [1.54, 1.807) is 0 Å². The zero-order valence-electron chi connectivity index (χ0n) is 13.7. The Hall–Kier alpha value is -0.900. The van der Waals surface area contributed by atoms with Crippen LogP contribution >= 0.6 is 0 Å². The molecule has 1 fully saturated rings. The van der Waals surface area contributed by atoms with Gasteiger partial charge in [0, 0.05) is 25.2 Å². The van der Waals surface area contributed by atoms with Gasteiger partial charge in [-0.15, -0.1) is 0 Å². The Kier molecular flexibility index (Phi) is 6.22. The van der Waals surface area contributed by atoms with Gasteiger partial charge in [0.25, 0.3) is 0 Å². The molecule has 2 rings (SSSR count). The molecule has 0 saturated carbocycles. The standard InChI is InChI=1S/C18H30N2O/c1-4-11-21-17-9-6-10-20(13-17)18(15(3)19)16-8-5-7-14(2)12-16/h5,7-8,12,15,17-18H,4,6,9-11,13,19H2,1-3H3. The van der Waals surface area contributed by atoms with Crippen LogP contribution in [0.3, 0.4) is 0 Å². The fraction of sp³-hybridized carbons (Fsp3) is 0.667. The normalized spacial score (nSPS) is 23.0. The predicted octanol–water partition coefficient (Wildman–Crippen LogP) is 3.27. The Morgan fingerprint density at radius 3 is 2.90 bits per heavy atom. The number of nitrogens with zero attached hydrogens (tertiary/aromatic N) is 1. The Morgan fingerprint density at radius 2 is 2.24 bits per heavy atom. The Labute approximate surface area is 129 Å². The summed E-state index contributed by atoms with van der Waals surface area (Å²) in [6, 6.07) is 9.16. The first kappa shape index (κ1) is 16.5. The van der Waals surface area contributed by atoms with Crippen molar-refractivity contribution in [2.75, 3.05) is 19.7 Å². The van der Waals surface area contributed by atoms with Gasteiger partial charge in [-0.05, 0) is 45.2 Å². The number of hydrogen-bond donors (Lipinski definition) is 1. The molecule has 0 spiro atoms. The van der Waals surface area contributed by atoms with Crippen molar-refractivity contribution in [2.45, 2.75) is 58.2 Å². The average Bonchev–Trinajstić information content (AvgIpc) is 2.45. The van der Waals surface area contributed by atoms with Crippen LogP contribution in [0.2, 0.25) is 0 Å². The zero-order chi connectivity index (χ0) is 15.2. The molecule has 1 saturated heterocycles. The smallest absolute Gasteiger partial charge is 0.0702 e. The topological polar surface area (TPSA) is 38.5 Å². The highest BCUT2D eigenvalue weighted by atomic mass is 16.5. The molecule has 0 bridgehead atoms. The van der Waals surface area contributed by atoms with Gasteiger partial charge in [0.05, 0.1) is 6.10 Å². The molecule has 1 heterocycles. The molecule has 3 heteroatoms. The average molecular weight is 290 g/mol. The lowest BCUT2D eigenvalue weighted by Crippen LogP contribution is -2.47. The van der Waals surface area contributed by atoms with Gasteiger partial charge in [-0.2, -0.15) is 0 Å². The van der Waals surface area contributed by atoms with Crippen LogP contribution in [0.25, 0.3) is 0 Å². The molecule has 118 valence electrons. The molecule has 0 aromatic heterocycles. The van der Waals surface area contributed by atoms with E-state index in [2.05, 4.69) is 49.9 Å². The second-order valence-corrected chi connectivity index (χ2v) is 6.35. The fourth-order valence-electron chi connectivity index (χ4n) is 3.34. The number of likely N-dealkylation sites (tertiary alicyclic amines) is 1. The molecule has 3 atom stereocenters. The number of ether oxygens (including phenoxy) is 1. The second-order valence-electron chi connectivity index (χ2n) is 6.35. The van der Waals surface area contributed by atoms with Crippen molar-refractivity contribution in [2.24, 2.45) is 5.73 Å². The summed E-state index contributed by atoms with van der Waals surface area (Å²) in [5.41, 5.74) is 8.95. The first-order valence-electron chi connectivity index (χ1n) is 8.29. The molecule has 1 aromatic rings.